The Morgan fingerprint density at radius 3 is 1.72 bits per heavy atom. The normalized spacial score (nSPS) is 48.2. The monoisotopic (exact) mass is 578 g/mol. The number of aliphatic hydroxyl groups is 10. The Morgan fingerprint density at radius 1 is 0.641 bits per heavy atom. The SMILES string of the molecule is C[NH+]([O-])NCOC1OC(COC2OC(CO)C(O)C(OC3OC(CO)C(O)C(O)C3O)C2O)C(O)C(O)C1O. The quantitative estimate of drug-likeness (QED) is 0.0800. The molecule has 0 saturated carbocycles. The summed E-state index contributed by atoms with van der Waals surface area (Å²) >= 11 is 0. The van der Waals surface area contributed by atoms with Gasteiger partial charge in [0, 0.05) is 0 Å². The molecule has 16 atom stereocenters. The molecular weight excluding hydrogens is 540 g/mol. The van der Waals surface area contributed by atoms with Crippen molar-refractivity contribution in [2.24, 2.45) is 0 Å². The summed E-state index contributed by atoms with van der Waals surface area (Å²) < 4.78 is 32.1. The van der Waals surface area contributed by atoms with E-state index in [-0.39, 0.29) is 6.73 Å². The van der Waals surface area contributed by atoms with E-state index < -0.39 is 117 Å². The van der Waals surface area contributed by atoms with Gasteiger partial charge >= 0.3 is 0 Å². The lowest BCUT2D eigenvalue weighted by Gasteiger charge is -2.46. The van der Waals surface area contributed by atoms with E-state index in [1.165, 1.54) is 7.05 Å². The fourth-order valence-electron chi connectivity index (χ4n) is 4.29. The Bertz CT molecular complexity index is 738. The third-order valence-corrected chi connectivity index (χ3v) is 6.62. The minimum absolute atomic E-state index is 0.384. The number of ether oxygens (including phenoxy) is 6. The maximum Gasteiger partial charge on any atom is 0.188 e. The zero-order chi connectivity index (χ0) is 29.0. The van der Waals surface area contributed by atoms with Crippen molar-refractivity contribution >= 4 is 0 Å². The maximum atomic E-state index is 11.0. The van der Waals surface area contributed by atoms with Crippen molar-refractivity contribution in [1.82, 2.24) is 5.43 Å². The highest BCUT2D eigenvalue weighted by molar-refractivity contribution is 4.95. The van der Waals surface area contributed by atoms with Crippen molar-refractivity contribution < 1.29 is 84.7 Å². The van der Waals surface area contributed by atoms with Gasteiger partial charge in [0.2, 0.25) is 0 Å². The molecule has 0 radical (unpaired) electrons. The summed E-state index contributed by atoms with van der Waals surface area (Å²) in [7, 11) is 1.22. The van der Waals surface area contributed by atoms with Gasteiger partial charge in [0.1, 0.15) is 80.0 Å². The number of hydrogen-bond acceptors (Lipinski definition) is 18. The molecule has 19 nitrogen and oxygen atoms in total. The van der Waals surface area contributed by atoms with E-state index in [0.29, 0.717) is 0 Å². The standard InChI is InChI=1S/C20H38N2O17/c1-22(33)21-5-35-18-14(30)13(29)10(26)8(38-18)4-34-19-16(32)17(11(27)7(3-24)36-19)39-20-15(31)12(28)9(25)6(2-23)37-20/h6-32H,2-5H2,1H3. The summed E-state index contributed by atoms with van der Waals surface area (Å²) in [5.41, 5.74) is 2.30. The van der Waals surface area contributed by atoms with E-state index >= 15 is 0 Å². The van der Waals surface area contributed by atoms with Crippen LogP contribution in [0.1, 0.15) is 0 Å². The lowest BCUT2D eigenvalue weighted by molar-refractivity contribution is -0.878. The molecule has 3 heterocycles. The molecule has 0 aromatic rings. The summed E-state index contributed by atoms with van der Waals surface area (Å²) in [4.78, 5) is 0. The van der Waals surface area contributed by atoms with E-state index in [4.69, 9.17) is 28.4 Å². The molecule has 3 fully saturated rings. The van der Waals surface area contributed by atoms with Gasteiger partial charge in [-0.2, -0.15) is 0 Å². The van der Waals surface area contributed by atoms with E-state index in [1.54, 1.807) is 0 Å². The van der Waals surface area contributed by atoms with Gasteiger partial charge in [0.05, 0.1) is 26.9 Å². The minimum Gasteiger partial charge on any atom is -0.613 e. The number of nitrogens with one attached hydrogen (secondary N) is 2. The van der Waals surface area contributed by atoms with Gasteiger partial charge in [-0.1, -0.05) is 0 Å². The lowest BCUT2D eigenvalue weighted by Crippen LogP contribution is -3.11. The molecule has 16 unspecified atom stereocenters. The summed E-state index contributed by atoms with van der Waals surface area (Å²) in [6, 6.07) is 0. The molecule has 0 aromatic heterocycles. The molecule has 0 aliphatic carbocycles. The molecule has 19 heteroatoms. The lowest BCUT2D eigenvalue weighted by atomic mass is 9.97. The maximum absolute atomic E-state index is 11.0. The van der Waals surface area contributed by atoms with Gasteiger partial charge in [0.25, 0.3) is 0 Å². The van der Waals surface area contributed by atoms with Crippen LogP contribution in [0.3, 0.4) is 0 Å². The molecule has 12 N–H and O–H groups in total. The van der Waals surface area contributed by atoms with Crippen LogP contribution in [0.2, 0.25) is 0 Å². The Kier molecular flexibility index (Phi) is 12.1. The Balaban J connectivity index is 1.66. The highest BCUT2D eigenvalue weighted by atomic mass is 16.7. The van der Waals surface area contributed by atoms with Crippen molar-refractivity contribution in [2.75, 3.05) is 33.6 Å². The van der Waals surface area contributed by atoms with Crippen LogP contribution in [0.15, 0.2) is 0 Å². The summed E-state index contributed by atoms with van der Waals surface area (Å²) in [5, 5.41) is 112. The molecule has 230 valence electrons. The summed E-state index contributed by atoms with van der Waals surface area (Å²) in [6.45, 7) is -2.51. The second-order valence-corrected chi connectivity index (χ2v) is 9.40. The molecule has 39 heavy (non-hydrogen) atoms. The first-order valence-corrected chi connectivity index (χ1v) is 12.2. The molecule has 0 amide bonds. The molecule has 3 rings (SSSR count). The molecule has 3 aliphatic rings. The van der Waals surface area contributed by atoms with Crippen molar-refractivity contribution in [1.29, 1.82) is 0 Å². The summed E-state index contributed by atoms with van der Waals surface area (Å²) in [6.07, 6.45) is -24.7. The van der Waals surface area contributed by atoms with Crippen LogP contribution in [0.5, 0.6) is 0 Å². The van der Waals surface area contributed by atoms with Gasteiger partial charge in [-0.25, -0.2) is 0 Å². The van der Waals surface area contributed by atoms with Crippen LogP contribution >= 0.6 is 0 Å². The van der Waals surface area contributed by atoms with Crippen molar-refractivity contribution in [3.8, 4) is 0 Å². The zero-order valence-corrected chi connectivity index (χ0v) is 20.8. The first-order chi connectivity index (χ1) is 18.4. The fourth-order valence-corrected chi connectivity index (χ4v) is 4.29. The average molecular weight is 579 g/mol. The fraction of sp³-hybridized carbons (Fsp3) is 1.00. The molecule has 3 aliphatic heterocycles. The summed E-state index contributed by atoms with van der Waals surface area (Å²) in [5.74, 6) is 0. The van der Waals surface area contributed by atoms with Crippen LogP contribution in [0, 0.1) is 5.21 Å². The van der Waals surface area contributed by atoms with Crippen LogP contribution in [0.25, 0.3) is 0 Å². The van der Waals surface area contributed by atoms with Gasteiger partial charge in [-0.05, 0) is 0 Å². The number of rotatable bonds is 11. The first kappa shape index (κ1) is 32.8. The molecule has 0 spiro atoms. The number of quaternary nitrogens is 1. The van der Waals surface area contributed by atoms with Crippen LogP contribution in [-0.4, -0.2) is 177 Å². The van der Waals surface area contributed by atoms with Gasteiger partial charge < -0.3 is 84.7 Å². The largest absolute Gasteiger partial charge is 0.613 e. The zero-order valence-electron chi connectivity index (χ0n) is 20.8. The smallest absolute Gasteiger partial charge is 0.188 e. The van der Waals surface area contributed by atoms with Crippen molar-refractivity contribution in [2.45, 2.75) is 92.1 Å². The van der Waals surface area contributed by atoms with Crippen LogP contribution < -0.4 is 10.6 Å². The van der Waals surface area contributed by atoms with Gasteiger partial charge in [0.15, 0.2) is 18.9 Å². The molecule has 0 aromatic carbocycles. The Morgan fingerprint density at radius 2 is 1.13 bits per heavy atom. The predicted molar refractivity (Wildman–Crippen MR) is 118 cm³/mol. The highest BCUT2D eigenvalue weighted by Gasteiger charge is 2.51. The number of hydroxylamine groups is 1. The first-order valence-electron chi connectivity index (χ1n) is 12.2. The Labute approximate surface area is 221 Å². The van der Waals surface area contributed by atoms with Gasteiger partial charge in [-0.15, -0.1) is 5.43 Å². The predicted octanol–water partition coefficient (Wildman–Crippen LogP) is -9.07. The molecular formula is C20H38N2O17. The number of hydrogen-bond donors (Lipinski definition) is 12. The van der Waals surface area contributed by atoms with Gasteiger partial charge in [-0.3, -0.25) is 5.17 Å². The van der Waals surface area contributed by atoms with E-state index in [1.807, 2.05) is 0 Å². The minimum atomic E-state index is -1.86. The van der Waals surface area contributed by atoms with Crippen LogP contribution in [-0.2, 0) is 28.4 Å². The average Bonchev–Trinajstić information content (AvgIpc) is 2.90. The second-order valence-electron chi connectivity index (χ2n) is 9.40. The van der Waals surface area contributed by atoms with E-state index in [0.717, 1.165) is 0 Å². The van der Waals surface area contributed by atoms with E-state index in [2.05, 4.69) is 5.43 Å². The Hall–Kier alpha value is -0.760. The third kappa shape index (κ3) is 7.55. The molecule has 3 saturated heterocycles. The van der Waals surface area contributed by atoms with Crippen molar-refractivity contribution in [3.05, 3.63) is 5.21 Å². The van der Waals surface area contributed by atoms with Crippen LogP contribution in [0.4, 0.5) is 0 Å². The molecule has 0 bridgehead atoms. The van der Waals surface area contributed by atoms with Crippen molar-refractivity contribution in [3.63, 3.8) is 0 Å². The highest BCUT2D eigenvalue weighted by Crippen LogP contribution is 2.30. The van der Waals surface area contributed by atoms with E-state index in [9.17, 15) is 56.3 Å². The number of aliphatic hydroxyl groups excluding tert-OH is 10. The second kappa shape index (κ2) is 14.4. The topological polar surface area (TPSA) is 297 Å². The third-order valence-electron chi connectivity index (χ3n) is 6.62.